The molecular weight excluding hydrogens is 248 g/mol. The zero-order valence-corrected chi connectivity index (χ0v) is 10.6. The minimum atomic E-state index is -0.884. The van der Waals surface area contributed by atoms with E-state index in [1.165, 1.54) is 18.4 Å². The first-order valence-electron chi connectivity index (χ1n) is 5.43. The summed E-state index contributed by atoms with van der Waals surface area (Å²) in [7, 11) is 1.29. The Bertz CT molecular complexity index is 531. The third kappa shape index (κ3) is 2.49. The van der Waals surface area contributed by atoms with Crippen molar-refractivity contribution in [2.24, 2.45) is 0 Å². The molecule has 0 fully saturated rings. The number of rotatable bonds is 4. The van der Waals surface area contributed by atoms with Crippen LogP contribution in [0.3, 0.4) is 0 Å². The van der Waals surface area contributed by atoms with Gasteiger partial charge in [-0.05, 0) is 17.0 Å². The largest absolute Gasteiger partial charge is 0.468 e. The standard InChI is InChI=1S/C14H12O3S/c1-17-14(16)12(10-5-3-2-4-6-10)13(15)11-7-8-18-9-11/h2-9,12H,1H3. The van der Waals surface area contributed by atoms with E-state index in [-0.39, 0.29) is 5.78 Å². The molecule has 92 valence electrons. The van der Waals surface area contributed by atoms with E-state index in [0.717, 1.165) is 0 Å². The van der Waals surface area contributed by atoms with Crippen molar-refractivity contribution in [2.75, 3.05) is 7.11 Å². The van der Waals surface area contributed by atoms with Crippen LogP contribution in [0.4, 0.5) is 0 Å². The highest BCUT2D eigenvalue weighted by Gasteiger charge is 2.30. The summed E-state index contributed by atoms with van der Waals surface area (Å²) < 4.78 is 4.73. The Hall–Kier alpha value is -1.94. The third-order valence-corrected chi connectivity index (χ3v) is 3.32. The number of carbonyl (C=O) groups is 2. The van der Waals surface area contributed by atoms with Gasteiger partial charge in [0.2, 0.25) is 0 Å². The van der Waals surface area contributed by atoms with Crippen LogP contribution >= 0.6 is 11.3 Å². The molecule has 0 spiro atoms. The molecule has 0 saturated carbocycles. The third-order valence-electron chi connectivity index (χ3n) is 2.64. The Morgan fingerprint density at radius 1 is 1.17 bits per heavy atom. The van der Waals surface area contributed by atoms with E-state index in [4.69, 9.17) is 4.74 Å². The minimum Gasteiger partial charge on any atom is -0.468 e. The first kappa shape index (κ1) is 12.5. The van der Waals surface area contributed by atoms with Crippen LogP contribution < -0.4 is 0 Å². The fourth-order valence-electron chi connectivity index (χ4n) is 1.73. The summed E-state index contributed by atoms with van der Waals surface area (Å²) >= 11 is 1.43. The normalized spacial score (nSPS) is 11.8. The number of ether oxygens (including phenoxy) is 1. The Kier molecular flexibility index (Phi) is 3.89. The monoisotopic (exact) mass is 260 g/mol. The van der Waals surface area contributed by atoms with Crippen LogP contribution in [0.1, 0.15) is 21.8 Å². The second kappa shape index (κ2) is 5.60. The predicted octanol–water partition coefficient (Wildman–Crippen LogP) is 2.89. The van der Waals surface area contributed by atoms with Crippen LogP contribution in [0.25, 0.3) is 0 Å². The molecule has 4 heteroatoms. The second-order valence-electron chi connectivity index (χ2n) is 3.74. The summed E-state index contributed by atoms with van der Waals surface area (Å²) in [5.74, 6) is -1.64. The molecule has 1 aromatic carbocycles. The molecule has 1 atom stereocenters. The number of ketones is 1. The van der Waals surface area contributed by atoms with Gasteiger partial charge in [-0.2, -0.15) is 11.3 Å². The molecule has 3 nitrogen and oxygen atoms in total. The van der Waals surface area contributed by atoms with Crippen LogP contribution in [0.5, 0.6) is 0 Å². The predicted molar refractivity (Wildman–Crippen MR) is 69.8 cm³/mol. The summed E-state index contributed by atoms with van der Waals surface area (Å²) in [6.45, 7) is 0. The van der Waals surface area contributed by atoms with Crippen molar-refractivity contribution in [3.63, 3.8) is 0 Å². The maximum Gasteiger partial charge on any atom is 0.321 e. The van der Waals surface area contributed by atoms with Crippen LogP contribution in [0, 0.1) is 0 Å². The van der Waals surface area contributed by atoms with Gasteiger partial charge in [0.25, 0.3) is 0 Å². The van der Waals surface area contributed by atoms with Crippen molar-refractivity contribution in [1.29, 1.82) is 0 Å². The smallest absolute Gasteiger partial charge is 0.321 e. The fraction of sp³-hybridized carbons (Fsp3) is 0.143. The molecule has 2 aromatic rings. The first-order chi connectivity index (χ1) is 8.74. The van der Waals surface area contributed by atoms with E-state index in [2.05, 4.69) is 0 Å². The molecule has 0 aliphatic rings. The summed E-state index contributed by atoms with van der Waals surface area (Å²) in [4.78, 5) is 24.1. The molecule has 1 unspecified atom stereocenters. The number of hydrogen-bond acceptors (Lipinski definition) is 4. The van der Waals surface area contributed by atoms with E-state index in [9.17, 15) is 9.59 Å². The van der Waals surface area contributed by atoms with Gasteiger partial charge in [0, 0.05) is 10.9 Å². The molecule has 0 bridgehead atoms. The number of methoxy groups -OCH3 is 1. The summed E-state index contributed by atoms with van der Waals surface area (Å²) in [6.07, 6.45) is 0. The van der Waals surface area contributed by atoms with Gasteiger partial charge in [0.15, 0.2) is 5.78 Å². The number of Topliss-reactive ketones (excluding diaryl/α,β-unsaturated/α-hetero) is 1. The lowest BCUT2D eigenvalue weighted by atomic mass is 9.92. The van der Waals surface area contributed by atoms with Gasteiger partial charge in [-0.25, -0.2) is 0 Å². The van der Waals surface area contributed by atoms with Crippen LogP contribution in [-0.4, -0.2) is 18.9 Å². The fourth-order valence-corrected chi connectivity index (χ4v) is 2.37. The van der Waals surface area contributed by atoms with Gasteiger partial charge in [0.1, 0.15) is 5.92 Å². The highest BCUT2D eigenvalue weighted by atomic mass is 32.1. The van der Waals surface area contributed by atoms with E-state index in [0.29, 0.717) is 11.1 Å². The number of hydrogen-bond donors (Lipinski definition) is 0. The van der Waals surface area contributed by atoms with Gasteiger partial charge in [-0.15, -0.1) is 0 Å². The van der Waals surface area contributed by atoms with Crippen molar-refractivity contribution in [1.82, 2.24) is 0 Å². The lowest BCUT2D eigenvalue weighted by Crippen LogP contribution is -2.23. The SMILES string of the molecule is COC(=O)C(C(=O)c1ccsc1)c1ccccc1. The lowest BCUT2D eigenvalue weighted by Gasteiger charge is -2.13. The van der Waals surface area contributed by atoms with Gasteiger partial charge >= 0.3 is 5.97 Å². The number of benzene rings is 1. The van der Waals surface area contributed by atoms with E-state index in [1.54, 1.807) is 35.7 Å². The van der Waals surface area contributed by atoms with E-state index in [1.807, 2.05) is 11.4 Å². The average Bonchev–Trinajstić information content (AvgIpc) is 2.94. The van der Waals surface area contributed by atoms with Crippen molar-refractivity contribution < 1.29 is 14.3 Å². The molecular formula is C14H12O3S. The molecule has 1 aromatic heterocycles. The van der Waals surface area contributed by atoms with E-state index < -0.39 is 11.9 Å². The molecule has 2 rings (SSSR count). The average molecular weight is 260 g/mol. The number of carbonyl (C=O) groups excluding carboxylic acids is 2. The van der Waals surface area contributed by atoms with Crippen molar-refractivity contribution in [3.8, 4) is 0 Å². The van der Waals surface area contributed by atoms with Gasteiger partial charge in [-0.1, -0.05) is 30.3 Å². The van der Waals surface area contributed by atoms with Crippen LogP contribution in [0.2, 0.25) is 0 Å². The Balaban J connectivity index is 2.38. The van der Waals surface area contributed by atoms with Crippen molar-refractivity contribution in [2.45, 2.75) is 5.92 Å². The van der Waals surface area contributed by atoms with Gasteiger partial charge in [0.05, 0.1) is 7.11 Å². The van der Waals surface area contributed by atoms with Crippen LogP contribution in [-0.2, 0) is 9.53 Å². The zero-order chi connectivity index (χ0) is 13.0. The topological polar surface area (TPSA) is 43.4 Å². The van der Waals surface area contributed by atoms with Crippen molar-refractivity contribution >= 4 is 23.1 Å². The molecule has 0 saturated heterocycles. The molecule has 0 aliphatic carbocycles. The highest BCUT2D eigenvalue weighted by molar-refractivity contribution is 7.08. The summed E-state index contributed by atoms with van der Waals surface area (Å²) in [5, 5.41) is 3.55. The Morgan fingerprint density at radius 2 is 1.89 bits per heavy atom. The molecule has 0 amide bonds. The molecule has 18 heavy (non-hydrogen) atoms. The van der Waals surface area contributed by atoms with Crippen LogP contribution in [0.15, 0.2) is 47.2 Å². The maximum atomic E-state index is 12.3. The number of esters is 1. The summed E-state index contributed by atoms with van der Waals surface area (Å²) in [5.41, 5.74) is 1.19. The second-order valence-corrected chi connectivity index (χ2v) is 4.52. The quantitative estimate of drug-likeness (QED) is 0.482. The maximum absolute atomic E-state index is 12.3. The van der Waals surface area contributed by atoms with Gasteiger partial charge in [-0.3, -0.25) is 9.59 Å². The molecule has 0 N–H and O–H groups in total. The first-order valence-corrected chi connectivity index (χ1v) is 6.37. The number of thiophene rings is 1. The van der Waals surface area contributed by atoms with E-state index >= 15 is 0 Å². The molecule has 0 aliphatic heterocycles. The zero-order valence-electron chi connectivity index (χ0n) is 9.83. The molecule has 0 radical (unpaired) electrons. The Morgan fingerprint density at radius 3 is 2.44 bits per heavy atom. The Labute approximate surface area is 109 Å². The highest BCUT2D eigenvalue weighted by Crippen LogP contribution is 2.23. The molecule has 1 heterocycles. The lowest BCUT2D eigenvalue weighted by molar-refractivity contribution is -0.141. The summed E-state index contributed by atoms with van der Waals surface area (Å²) in [6, 6.07) is 10.7. The van der Waals surface area contributed by atoms with Gasteiger partial charge < -0.3 is 4.74 Å². The minimum absolute atomic E-state index is 0.227. The van der Waals surface area contributed by atoms with Crippen molar-refractivity contribution in [3.05, 3.63) is 58.3 Å².